The zero-order valence-electron chi connectivity index (χ0n) is 10.8. The van der Waals surface area contributed by atoms with Crippen LogP contribution in [0.5, 0.6) is 11.5 Å². The van der Waals surface area contributed by atoms with Crippen molar-refractivity contribution >= 4 is 17.0 Å². The number of benzene rings is 1. The highest BCUT2D eigenvalue weighted by Crippen LogP contribution is 2.25. The Balaban J connectivity index is 1.84. The number of phenols is 1. The zero-order valence-corrected chi connectivity index (χ0v) is 10.8. The van der Waals surface area contributed by atoms with Gasteiger partial charge in [0.2, 0.25) is 0 Å². The maximum Gasteiger partial charge on any atom is 0.162 e. The molecule has 0 bridgehead atoms. The summed E-state index contributed by atoms with van der Waals surface area (Å²) in [7, 11) is 1.56. The number of nitrogens with zero attached hydrogens (tertiary/aromatic N) is 3. The number of rotatable bonds is 4. The van der Waals surface area contributed by atoms with Crippen LogP contribution in [0.25, 0.3) is 11.2 Å². The largest absolute Gasteiger partial charge is 0.508 e. The molecule has 3 N–H and O–H groups in total. The highest BCUT2D eigenvalue weighted by atomic mass is 16.5. The molecule has 0 aliphatic rings. The van der Waals surface area contributed by atoms with Crippen molar-refractivity contribution in [3.63, 3.8) is 0 Å². The van der Waals surface area contributed by atoms with Gasteiger partial charge in [0.05, 0.1) is 13.4 Å². The van der Waals surface area contributed by atoms with Crippen molar-refractivity contribution in [2.45, 2.75) is 6.54 Å². The van der Waals surface area contributed by atoms with Crippen LogP contribution in [0.2, 0.25) is 0 Å². The number of methoxy groups -OCH3 is 1. The molecule has 0 aliphatic carbocycles. The molecule has 1 aromatic carbocycles. The van der Waals surface area contributed by atoms with Gasteiger partial charge in [0.25, 0.3) is 0 Å². The van der Waals surface area contributed by atoms with Gasteiger partial charge in [0.1, 0.15) is 23.3 Å². The van der Waals surface area contributed by atoms with E-state index in [0.29, 0.717) is 29.3 Å². The lowest BCUT2D eigenvalue weighted by atomic mass is 10.2. The van der Waals surface area contributed by atoms with Crippen LogP contribution in [0, 0.1) is 0 Å². The van der Waals surface area contributed by atoms with Crippen molar-refractivity contribution in [3.8, 4) is 11.5 Å². The fourth-order valence-electron chi connectivity index (χ4n) is 1.95. The van der Waals surface area contributed by atoms with Crippen molar-refractivity contribution in [3.05, 3.63) is 36.4 Å². The standard InChI is InChI=1S/C13H13N5O2/c1-20-10-4-9(19)3-2-8(10)5-14-12-11-13(16-6-15-11)18-7-17-12/h2-4,6-7,19H,5H2,1H3,(H2,14,15,16,17,18). The molecule has 0 unspecified atom stereocenters. The number of aromatic hydroxyl groups is 1. The number of hydrogen-bond donors (Lipinski definition) is 3. The molecule has 20 heavy (non-hydrogen) atoms. The second-order valence-corrected chi connectivity index (χ2v) is 4.17. The van der Waals surface area contributed by atoms with Gasteiger partial charge in [-0.2, -0.15) is 0 Å². The van der Waals surface area contributed by atoms with Crippen LogP contribution in [-0.2, 0) is 6.54 Å². The highest BCUT2D eigenvalue weighted by Gasteiger charge is 2.08. The van der Waals surface area contributed by atoms with Gasteiger partial charge in [-0.25, -0.2) is 15.0 Å². The van der Waals surface area contributed by atoms with E-state index in [9.17, 15) is 5.11 Å². The minimum absolute atomic E-state index is 0.169. The molecule has 0 atom stereocenters. The van der Waals surface area contributed by atoms with Crippen LogP contribution in [0.4, 0.5) is 5.82 Å². The summed E-state index contributed by atoms with van der Waals surface area (Å²) >= 11 is 0. The summed E-state index contributed by atoms with van der Waals surface area (Å²) in [4.78, 5) is 15.3. The Kier molecular flexibility index (Phi) is 3.08. The number of H-pyrrole nitrogens is 1. The second kappa shape index (κ2) is 5.04. The molecule has 3 rings (SSSR count). The zero-order chi connectivity index (χ0) is 13.9. The Labute approximate surface area is 114 Å². The van der Waals surface area contributed by atoms with Crippen molar-refractivity contribution < 1.29 is 9.84 Å². The van der Waals surface area contributed by atoms with E-state index in [1.54, 1.807) is 31.6 Å². The first-order chi connectivity index (χ1) is 9.78. The Morgan fingerprint density at radius 3 is 3.05 bits per heavy atom. The molecule has 3 aromatic rings. The average Bonchev–Trinajstić information content (AvgIpc) is 2.94. The van der Waals surface area contributed by atoms with Crippen LogP contribution < -0.4 is 10.1 Å². The number of aromatic amines is 1. The number of fused-ring (bicyclic) bond motifs is 1. The van der Waals surface area contributed by atoms with E-state index < -0.39 is 0 Å². The first kappa shape index (κ1) is 12.2. The maximum absolute atomic E-state index is 9.43. The minimum Gasteiger partial charge on any atom is -0.508 e. The topological polar surface area (TPSA) is 96.0 Å². The van der Waals surface area contributed by atoms with Crippen molar-refractivity contribution in [2.24, 2.45) is 0 Å². The number of imidazole rings is 1. The normalized spacial score (nSPS) is 10.7. The molecule has 0 spiro atoms. The fraction of sp³-hybridized carbons (Fsp3) is 0.154. The van der Waals surface area contributed by atoms with Crippen LogP contribution in [0.1, 0.15) is 5.56 Å². The molecular formula is C13H13N5O2. The van der Waals surface area contributed by atoms with E-state index in [2.05, 4.69) is 25.3 Å². The van der Waals surface area contributed by atoms with E-state index >= 15 is 0 Å². The third-order valence-corrected chi connectivity index (χ3v) is 2.93. The van der Waals surface area contributed by atoms with Crippen molar-refractivity contribution in [1.29, 1.82) is 0 Å². The first-order valence-electron chi connectivity index (χ1n) is 6.02. The molecule has 0 saturated heterocycles. The molecule has 0 aliphatic heterocycles. The number of anilines is 1. The summed E-state index contributed by atoms with van der Waals surface area (Å²) < 4.78 is 5.23. The molecule has 102 valence electrons. The molecule has 0 saturated carbocycles. The van der Waals surface area contributed by atoms with E-state index in [1.807, 2.05) is 0 Å². The number of phenolic OH excluding ortho intramolecular Hbond substituents is 1. The lowest BCUT2D eigenvalue weighted by Crippen LogP contribution is -2.04. The minimum atomic E-state index is 0.169. The van der Waals surface area contributed by atoms with Crippen LogP contribution in [0.15, 0.2) is 30.9 Å². The third-order valence-electron chi connectivity index (χ3n) is 2.93. The lowest BCUT2D eigenvalue weighted by Gasteiger charge is -2.10. The first-order valence-corrected chi connectivity index (χ1v) is 6.02. The number of aromatic nitrogens is 4. The van der Waals surface area contributed by atoms with Gasteiger partial charge in [-0.05, 0) is 12.1 Å². The summed E-state index contributed by atoms with van der Waals surface area (Å²) in [5.41, 5.74) is 2.28. The van der Waals surface area contributed by atoms with E-state index in [4.69, 9.17) is 4.74 Å². The Bertz CT molecular complexity index is 740. The van der Waals surface area contributed by atoms with Crippen molar-refractivity contribution in [2.75, 3.05) is 12.4 Å². The van der Waals surface area contributed by atoms with Gasteiger partial charge >= 0.3 is 0 Å². The summed E-state index contributed by atoms with van der Waals surface area (Å²) in [5.74, 6) is 1.43. The van der Waals surface area contributed by atoms with Gasteiger partial charge in [-0.3, -0.25) is 0 Å². The summed E-state index contributed by atoms with van der Waals surface area (Å²) in [6, 6.07) is 4.98. The molecular weight excluding hydrogens is 258 g/mol. The van der Waals surface area contributed by atoms with E-state index in [1.165, 1.54) is 6.33 Å². The molecule has 7 heteroatoms. The third kappa shape index (κ3) is 2.20. The number of hydrogen-bond acceptors (Lipinski definition) is 6. The van der Waals surface area contributed by atoms with Gasteiger partial charge in [0.15, 0.2) is 11.5 Å². The Morgan fingerprint density at radius 1 is 1.30 bits per heavy atom. The molecule has 0 fully saturated rings. The van der Waals surface area contributed by atoms with Gasteiger partial charge in [-0.15, -0.1) is 0 Å². The second-order valence-electron chi connectivity index (χ2n) is 4.17. The van der Waals surface area contributed by atoms with Crippen LogP contribution in [0.3, 0.4) is 0 Å². The van der Waals surface area contributed by atoms with Crippen LogP contribution >= 0.6 is 0 Å². The quantitative estimate of drug-likeness (QED) is 0.668. The van der Waals surface area contributed by atoms with Crippen LogP contribution in [-0.4, -0.2) is 32.2 Å². The van der Waals surface area contributed by atoms with Crippen molar-refractivity contribution in [1.82, 2.24) is 19.9 Å². The molecule has 0 radical (unpaired) electrons. The fourth-order valence-corrected chi connectivity index (χ4v) is 1.95. The average molecular weight is 271 g/mol. The Morgan fingerprint density at radius 2 is 2.20 bits per heavy atom. The van der Waals surface area contributed by atoms with E-state index in [-0.39, 0.29) is 5.75 Å². The maximum atomic E-state index is 9.43. The molecule has 2 heterocycles. The molecule has 7 nitrogen and oxygen atoms in total. The molecule has 0 amide bonds. The van der Waals surface area contributed by atoms with E-state index in [0.717, 1.165) is 5.56 Å². The number of nitrogens with one attached hydrogen (secondary N) is 2. The number of ether oxygens (including phenoxy) is 1. The van der Waals surface area contributed by atoms with Gasteiger partial charge in [0, 0.05) is 18.2 Å². The highest BCUT2D eigenvalue weighted by molar-refractivity contribution is 5.81. The smallest absolute Gasteiger partial charge is 0.162 e. The predicted octanol–water partition coefficient (Wildman–Crippen LogP) is 1.68. The predicted molar refractivity (Wildman–Crippen MR) is 73.7 cm³/mol. The van der Waals surface area contributed by atoms with Gasteiger partial charge < -0.3 is 20.1 Å². The summed E-state index contributed by atoms with van der Waals surface area (Å²) in [6.07, 6.45) is 3.04. The monoisotopic (exact) mass is 271 g/mol. The summed E-state index contributed by atoms with van der Waals surface area (Å²) in [6.45, 7) is 0.502. The SMILES string of the molecule is COc1cc(O)ccc1CNc1ncnc2[nH]cnc12. The molecule has 2 aromatic heterocycles. The lowest BCUT2D eigenvalue weighted by molar-refractivity contribution is 0.403. The summed E-state index contributed by atoms with van der Waals surface area (Å²) in [5, 5.41) is 12.6. The Hall–Kier alpha value is -2.83. The van der Waals surface area contributed by atoms with Gasteiger partial charge in [-0.1, -0.05) is 0 Å².